The summed E-state index contributed by atoms with van der Waals surface area (Å²) in [5.74, 6) is 0. The molecule has 2 nitrogen and oxygen atoms in total. The molecule has 0 fully saturated rings. The first kappa shape index (κ1) is 15.7. The van der Waals surface area contributed by atoms with Crippen LogP contribution in [0.2, 0.25) is 18.6 Å². The van der Waals surface area contributed by atoms with Crippen LogP contribution >= 0.6 is 0 Å². The standard InChI is InChI=1S/C16H25NOSi/c1-6-16(14(2)12-13-17-18-3)19(4,5)15-10-8-7-9-11-15/h7-13,16H,6H2,1-5H3/b14-12+,17-13+/t16-/m0/s1. The van der Waals surface area contributed by atoms with Gasteiger partial charge in [-0.1, -0.05) is 72.7 Å². The van der Waals surface area contributed by atoms with Crippen LogP contribution in [-0.2, 0) is 4.84 Å². The Kier molecular flexibility index (Phi) is 6.02. The summed E-state index contributed by atoms with van der Waals surface area (Å²) in [5.41, 5.74) is 2.02. The average Bonchev–Trinajstić information content (AvgIpc) is 2.40. The summed E-state index contributed by atoms with van der Waals surface area (Å²) in [4.78, 5) is 4.71. The monoisotopic (exact) mass is 275 g/mol. The van der Waals surface area contributed by atoms with Gasteiger partial charge in [0.25, 0.3) is 0 Å². The maximum Gasteiger partial charge on any atom is 0.106 e. The highest BCUT2D eigenvalue weighted by atomic mass is 28.3. The van der Waals surface area contributed by atoms with E-state index in [1.54, 1.807) is 13.3 Å². The zero-order valence-electron chi connectivity index (χ0n) is 12.7. The van der Waals surface area contributed by atoms with Crippen LogP contribution in [-0.4, -0.2) is 21.4 Å². The van der Waals surface area contributed by atoms with Crippen molar-refractivity contribution in [2.24, 2.45) is 5.16 Å². The number of benzene rings is 1. The predicted molar refractivity (Wildman–Crippen MR) is 86.9 cm³/mol. The van der Waals surface area contributed by atoms with E-state index in [0.29, 0.717) is 5.54 Å². The highest BCUT2D eigenvalue weighted by molar-refractivity contribution is 6.91. The van der Waals surface area contributed by atoms with E-state index in [1.165, 1.54) is 10.8 Å². The summed E-state index contributed by atoms with van der Waals surface area (Å²) < 4.78 is 0. The second-order valence-electron chi connectivity index (χ2n) is 5.40. The van der Waals surface area contributed by atoms with E-state index in [4.69, 9.17) is 4.84 Å². The molecule has 0 bridgehead atoms. The fourth-order valence-electron chi connectivity index (χ4n) is 2.80. The molecule has 3 heteroatoms. The summed E-state index contributed by atoms with van der Waals surface area (Å²) in [6, 6.07) is 10.9. The Morgan fingerprint density at radius 2 is 1.95 bits per heavy atom. The molecule has 1 aromatic carbocycles. The van der Waals surface area contributed by atoms with Crippen molar-refractivity contribution in [2.75, 3.05) is 7.11 Å². The van der Waals surface area contributed by atoms with Crippen molar-refractivity contribution in [3.63, 3.8) is 0 Å². The van der Waals surface area contributed by atoms with E-state index in [1.807, 2.05) is 0 Å². The van der Waals surface area contributed by atoms with Crippen molar-refractivity contribution in [3.05, 3.63) is 42.0 Å². The minimum atomic E-state index is -1.50. The Morgan fingerprint density at radius 3 is 2.47 bits per heavy atom. The lowest BCUT2D eigenvalue weighted by atomic mass is 10.1. The summed E-state index contributed by atoms with van der Waals surface area (Å²) in [6.45, 7) is 9.36. The van der Waals surface area contributed by atoms with Gasteiger partial charge in [0.2, 0.25) is 0 Å². The number of allylic oxidation sites excluding steroid dienone is 2. The largest absolute Gasteiger partial charge is 0.399 e. The van der Waals surface area contributed by atoms with Gasteiger partial charge < -0.3 is 4.84 Å². The zero-order valence-corrected chi connectivity index (χ0v) is 13.7. The minimum absolute atomic E-state index is 0.623. The quantitative estimate of drug-likeness (QED) is 0.437. The maximum absolute atomic E-state index is 4.71. The van der Waals surface area contributed by atoms with Gasteiger partial charge in [-0.15, -0.1) is 0 Å². The average molecular weight is 275 g/mol. The highest BCUT2D eigenvalue weighted by Crippen LogP contribution is 2.32. The van der Waals surface area contributed by atoms with Crippen molar-refractivity contribution in [1.82, 2.24) is 0 Å². The van der Waals surface area contributed by atoms with Gasteiger partial charge in [0.15, 0.2) is 0 Å². The number of hydrogen-bond acceptors (Lipinski definition) is 2. The van der Waals surface area contributed by atoms with Crippen molar-refractivity contribution >= 4 is 19.5 Å². The molecule has 0 aliphatic rings. The van der Waals surface area contributed by atoms with Crippen LogP contribution < -0.4 is 5.19 Å². The van der Waals surface area contributed by atoms with Crippen molar-refractivity contribution in [3.8, 4) is 0 Å². The van der Waals surface area contributed by atoms with Crippen LogP contribution in [0.15, 0.2) is 47.1 Å². The Labute approximate surface area is 118 Å². The van der Waals surface area contributed by atoms with Gasteiger partial charge in [-0.3, -0.25) is 0 Å². The zero-order chi connectivity index (χ0) is 14.3. The lowest BCUT2D eigenvalue weighted by Crippen LogP contribution is -2.46. The van der Waals surface area contributed by atoms with Crippen LogP contribution in [0.1, 0.15) is 20.3 Å². The van der Waals surface area contributed by atoms with Crippen LogP contribution in [0.5, 0.6) is 0 Å². The molecule has 0 aliphatic heterocycles. The topological polar surface area (TPSA) is 21.6 Å². The Morgan fingerprint density at radius 1 is 1.32 bits per heavy atom. The van der Waals surface area contributed by atoms with Crippen LogP contribution in [0.3, 0.4) is 0 Å². The van der Waals surface area contributed by atoms with E-state index < -0.39 is 8.07 Å². The Bertz CT molecular complexity index is 437. The van der Waals surface area contributed by atoms with Crippen molar-refractivity contribution in [1.29, 1.82) is 0 Å². The molecule has 0 radical (unpaired) electrons. The first-order valence-corrected chi connectivity index (χ1v) is 9.90. The van der Waals surface area contributed by atoms with Gasteiger partial charge in [-0.2, -0.15) is 0 Å². The smallest absolute Gasteiger partial charge is 0.106 e. The van der Waals surface area contributed by atoms with Gasteiger partial charge in [0.1, 0.15) is 7.11 Å². The van der Waals surface area contributed by atoms with Gasteiger partial charge >= 0.3 is 0 Å². The number of rotatable bonds is 6. The summed E-state index contributed by atoms with van der Waals surface area (Å²) in [7, 11) is 0.0662. The molecule has 1 rings (SSSR count). The lowest BCUT2D eigenvalue weighted by Gasteiger charge is -2.33. The summed E-state index contributed by atoms with van der Waals surface area (Å²) in [5, 5.41) is 5.31. The molecule has 0 spiro atoms. The molecule has 104 valence electrons. The van der Waals surface area contributed by atoms with Gasteiger partial charge in [0, 0.05) is 0 Å². The normalized spacial score (nSPS) is 14.7. The SMILES string of the molecule is CC[C@@H](/C(C)=C/C=N/OC)[Si](C)(C)c1ccccc1. The van der Waals surface area contributed by atoms with Crippen molar-refractivity contribution in [2.45, 2.75) is 38.9 Å². The molecule has 0 amide bonds. The summed E-state index contributed by atoms with van der Waals surface area (Å²) in [6.07, 6.45) is 4.99. The molecule has 0 saturated heterocycles. The van der Waals surface area contributed by atoms with E-state index >= 15 is 0 Å². The molecule has 0 aromatic heterocycles. The number of oxime groups is 1. The molecule has 19 heavy (non-hydrogen) atoms. The minimum Gasteiger partial charge on any atom is -0.399 e. The predicted octanol–water partition coefficient (Wildman–Crippen LogP) is 3.96. The molecule has 0 saturated carbocycles. The molecule has 0 N–H and O–H groups in total. The first-order valence-electron chi connectivity index (χ1n) is 6.82. The number of nitrogens with zero attached hydrogens (tertiary/aromatic N) is 1. The summed E-state index contributed by atoms with van der Waals surface area (Å²) >= 11 is 0. The second-order valence-corrected chi connectivity index (χ2v) is 10.1. The third-order valence-corrected chi connectivity index (χ3v) is 8.28. The molecule has 1 aromatic rings. The maximum atomic E-state index is 4.71. The molecule has 0 heterocycles. The Hall–Kier alpha value is -1.35. The molecule has 0 unspecified atom stereocenters. The van der Waals surface area contributed by atoms with Gasteiger partial charge in [-0.25, -0.2) is 0 Å². The number of hydrogen-bond donors (Lipinski definition) is 0. The van der Waals surface area contributed by atoms with Crippen molar-refractivity contribution < 1.29 is 4.84 Å². The van der Waals surface area contributed by atoms with Crippen LogP contribution in [0.25, 0.3) is 0 Å². The van der Waals surface area contributed by atoms with Gasteiger partial charge in [0.05, 0.1) is 14.3 Å². The third-order valence-electron chi connectivity index (χ3n) is 3.85. The Balaban J connectivity index is 3.02. The van der Waals surface area contributed by atoms with E-state index in [9.17, 15) is 0 Å². The third kappa shape index (κ3) is 4.06. The molecular weight excluding hydrogens is 250 g/mol. The van der Waals surface area contributed by atoms with Crippen LogP contribution in [0.4, 0.5) is 0 Å². The first-order chi connectivity index (χ1) is 9.04. The van der Waals surface area contributed by atoms with Crippen LogP contribution in [0, 0.1) is 0 Å². The molecular formula is C16H25NOSi. The molecule has 1 atom stereocenters. The van der Waals surface area contributed by atoms with E-state index in [2.05, 4.69) is 68.5 Å². The fourth-order valence-corrected chi connectivity index (χ4v) is 6.50. The van der Waals surface area contributed by atoms with E-state index in [0.717, 1.165) is 6.42 Å². The fraction of sp³-hybridized carbons (Fsp3) is 0.438. The highest BCUT2D eigenvalue weighted by Gasteiger charge is 2.33. The van der Waals surface area contributed by atoms with E-state index in [-0.39, 0.29) is 0 Å². The lowest BCUT2D eigenvalue weighted by molar-refractivity contribution is 0.215. The van der Waals surface area contributed by atoms with Gasteiger partial charge in [-0.05, 0) is 18.5 Å². The molecule has 0 aliphatic carbocycles. The second kappa shape index (κ2) is 7.29.